The lowest BCUT2D eigenvalue weighted by Gasteiger charge is -2.19. The molecular weight excluding hydrogens is 232 g/mol. The van der Waals surface area contributed by atoms with Gasteiger partial charge in [0.25, 0.3) is 0 Å². The van der Waals surface area contributed by atoms with Crippen LogP contribution in [0, 0.1) is 0 Å². The van der Waals surface area contributed by atoms with Crippen molar-refractivity contribution in [2.24, 2.45) is 5.73 Å². The molecule has 1 fully saturated rings. The number of hydrogen-bond acceptors (Lipinski definition) is 4. The lowest BCUT2D eigenvalue weighted by atomic mass is 10.2. The van der Waals surface area contributed by atoms with E-state index in [9.17, 15) is 0 Å². The number of nitrogens with two attached hydrogens (primary N) is 1. The number of nitrogens with zero attached hydrogens (tertiary/aromatic N) is 3. The van der Waals surface area contributed by atoms with Gasteiger partial charge in [0, 0.05) is 12.7 Å². The van der Waals surface area contributed by atoms with Crippen LogP contribution in [-0.2, 0) is 6.54 Å². The maximum absolute atomic E-state index is 5.63. The minimum absolute atomic E-state index is 0.502. The summed E-state index contributed by atoms with van der Waals surface area (Å²) < 4.78 is 2.10. The van der Waals surface area contributed by atoms with Gasteiger partial charge in [-0.25, -0.2) is 0 Å². The molecule has 0 spiro atoms. The molecule has 3 rings (SSSR count). The molecule has 1 atom stereocenters. The Balaban J connectivity index is 1.99. The average molecular weight is 248 g/mol. The van der Waals surface area contributed by atoms with Crippen LogP contribution in [0.15, 0.2) is 18.3 Å². The summed E-state index contributed by atoms with van der Waals surface area (Å²) >= 11 is 2.00. The summed E-state index contributed by atoms with van der Waals surface area (Å²) in [5, 5.41) is 9.09. The molecule has 2 N–H and O–H groups in total. The fraction of sp³-hybridized carbons (Fsp3) is 0.500. The van der Waals surface area contributed by atoms with Gasteiger partial charge in [0.15, 0.2) is 11.5 Å². The third kappa shape index (κ3) is 2.05. The zero-order valence-electron chi connectivity index (χ0n) is 9.67. The van der Waals surface area contributed by atoms with E-state index < -0.39 is 0 Å². The van der Waals surface area contributed by atoms with Crippen LogP contribution < -0.4 is 5.73 Å². The fourth-order valence-electron chi connectivity index (χ4n) is 2.24. The lowest BCUT2D eigenvalue weighted by Crippen LogP contribution is -2.06. The van der Waals surface area contributed by atoms with E-state index in [0.29, 0.717) is 11.8 Å². The first-order valence-electron chi connectivity index (χ1n) is 6.04. The van der Waals surface area contributed by atoms with E-state index in [-0.39, 0.29) is 0 Å². The molecule has 0 bridgehead atoms. The van der Waals surface area contributed by atoms with Crippen molar-refractivity contribution in [1.29, 1.82) is 0 Å². The normalized spacial score (nSPS) is 20.9. The van der Waals surface area contributed by atoms with Crippen LogP contribution in [0.1, 0.15) is 35.9 Å². The molecule has 0 aliphatic carbocycles. The van der Waals surface area contributed by atoms with Crippen LogP contribution >= 0.6 is 11.8 Å². The van der Waals surface area contributed by atoms with Crippen molar-refractivity contribution in [2.75, 3.05) is 5.75 Å². The van der Waals surface area contributed by atoms with Crippen LogP contribution in [-0.4, -0.2) is 20.4 Å². The first-order valence-corrected chi connectivity index (χ1v) is 7.08. The number of rotatable bonds is 2. The summed E-state index contributed by atoms with van der Waals surface area (Å²) in [4.78, 5) is 0. The highest BCUT2D eigenvalue weighted by molar-refractivity contribution is 7.99. The molecule has 1 saturated heterocycles. The highest BCUT2D eigenvalue weighted by atomic mass is 32.2. The molecule has 1 aliphatic heterocycles. The van der Waals surface area contributed by atoms with Crippen LogP contribution in [0.2, 0.25) is 0 Å². The molecule has 2 aromatic heterocycles. The van der Waals surface area contributed by atoms with Gasteiger partial charge in [0.2, 0.25) is 0 Å². The summed E-state index contributed by atoms with van der Waals surface area (Å²) in [6.07, 6.45) is 5.88. The maximum Gasteiger partial charge on any atom is 0.161 e. The first-order chi connectivity index (χ1) is 8.38. The van der Waals surface area contributed by atoms with Gasteiger partial charge in [-0.15, -0.1) is 10.2 Å². The van der Waals surface area contributed by atoms with E-state index >= 15 is 0 Å². The minimum atomic E-state index is 0.502. The molecule has 0 amide bonds. The van der Waals surface area contributed by atoms with Crippen molar-refractivity contribution in [2.45, 2.75) is 31.1 Å². The number of thioether (sulfide) groups is 1. The monoisotopic (exact) mass is 248 g/mol. The Bertz CT molecular complexity index is 516. The van der Waals surface area contributed by atoms with Gasteiger partial charge in [-0.3, -0.25) is 4.40 Å². The SMILES string of the molecule is NCc1ccn2c(C3CCCCS3)nnc2c1. The second kappa shape index (κ2) is 4.66. The van der Waals surface area contributed by atoms with Crippen molar-refractivity contribution in [1.82, 2.24) is 14.6 Å². The second-order valence-electron chi connectivity index (χ2n) is 4.38. The van der Waals surface area contributed by atoms with Crippen LogP contribution in [0.3, 0.4) is 0 Å². The summed E-state index contributed by atoms with van der Waals surface area (Å²) in [6, 6.07) is 4.07. The zero-order chi connectivity index (χ0) is 11.7. The summed E-state index contributed by atoms with van der Waals surface area (Å²) in [5.41, 5.74) is 7.64. The van der Waals surface area contributed by atoms with Crippen molar-refractivity contribution in [3.8, 4) is 0 Å². The van der Waals surface area contributed by atoms with E-state index in [2.05, 4.69) is 14.6 Å². The summed E-state index contributed by atoms with van der Waals surface area (Å²) in [6.45, 7) is 0.552. The molecule has 1 unspecified atom stereocenters. The van der Waals surface area contributed by atoms with E-state index in [1.165, 1.54) is 25.0 Å². The Morgan fingerprint density at radius 3 is 3.12 bits per heavy atom. The van der Waals surface area contributed by atoms with E-state index in [0.717, 1.165) is 17.0 Å². The standard InChI is InChI=1S/C12H16N4S/c13-8-9-4-5-16-11(7-9)14-15-12(16)10-3-1-2-6-17-10/h4-5,7,10H,1-3,6,8,13H2. The fourth-order valence-corrected chi connectivity index (χ4v) is 3.54. The number of hydrogen-bond donors (Lipinski definition) is 1. The van der Waals surface area contributed by atoms with Gasteiger partial charge in [0.1, 0.15) is 0 Å². The predicted octanol–water partition coefficient (Wildman–Crippen LogP) is 2.15. The van der Waals surface area contributed by atoms with Gasteiger partial charge in [0.05, 0.1) is 5.25 Å². The number of pyridine rings is 1. The molecule has 90 valence electrons. The number of aromatic nitrogens is 3. The largest absolute Gasteiger partial charge is 0.326 e. The van der Waals surface area contributed by atoms with E-state index in [4.69, 9.17) is 5.73 Å². The molecule has 0 aromatic carbocycles. The molecule has 17 heavy (non-hydrogen) atoms. The number of fused-ring (bicyclic) bond motifs is 1. The van der Waals surface area contributed by atoms with Gasteiger partial charge in [-0.2, -0.15) is 11.8 Å². The Morgan fingerprint density at radius 1 is 1.41 bits per heavy atom. The molecule has 5 heteroatoms. The lowest BCUT2D eigenvalue weighted by molar-refractivity contribution is 0.657. The van der Waals surface area contributed by atoms with Crippen molar-refractivity contribution >= 4 is 17.4 Å². The Morgan fingerprint density at radius 2 is 2.35 bits per heavy atom. The smallest absolute Gasteiger partial charge is 0.161 e. The van der Waals surface area contributed by atoms with Crippen LogP contribution in [0.5, 0.6) is 0 Å². The molecule has 0 saturated carbocycles. The maximum atomic E-state index is 5.63. The Kier molecular flexibility index (Phi) is 3.03. The molecule has 3 heterocycles. The molecule has 0 radical (unpaired) electrons. The van der Waals surface area contributed by atoms with Crippen molar-refractivity contribution in [3.63, 3.8) is 0 Å². The second-order valence-corrected chi connectivity index (χ2v) is 5.69. The summed E-state index contributed by atoms with van der Waals surface area (Å²) in [7, 11) is 0. The average Bonchev–Trinajstić information content (AvgIpc) is 2.82. The topological polar surface area (TPSA) is 56.2 Å². The van der Waals surface area contributed by atoms with Gasteiger partial charge < -0.3 is 5.73 Å². The first kappa shape index (κ1) is 11.0. The van der Waals surface area contributed by atoms with Crippen LogP contribution in [0.4, 0.5) is 0 Å². The quantitative estimate of drug-likeness (QED) is 0.884. The van der Waals surface area contributed by atoms with Gasteiger partial charge in [-0.1, -0.05) is 6.42 Å². The molecule has 1 aliphatic rings. The molecule has 4 nitrogen and oxygen atoms in total. The van der Waals surface area contributed by atoms with Crippen LogP contribution in [0.25, 0.3) is 5.65 Å². The highest BCUT2D eigenvalue weighted by Gasteiger charge is 2.21. The van der Waals surface area contributed by atoms with Crippen molar-refractivity contribution < 1.29 is 0 Å². The van der Waals surface area contributed by atoms with Crippen molar-refractivity contribution in [3.05, 3.63) is 29.7 Å². The third-order valence-corrected chi connectivity index (χ3v) is 4.58. The third-order valence-electron chi connectivity index (χ3n) is 3.20. The molecular formula is C12H16N4S. The van der Waals surface area contributed by atoms with E-state index in [1.54, 1.807) is 0 Å². The van der Waals surface area contributed by atoms with E-state index in [1.807, 2.05) is 30.1 Å². The molecule has 2 aromatic rings. The Hall–Kier alpha value is -1.07. The summed E-state index contributed by atoms with van der Waals surface area (Å²) in [5.74, 6) is 2.33. The Labute approximate surface area is 105 Å². The van der Waals surface area contributed by atoms with Gasteiger partial charge in [-0.05, 0) is 36.3 Å². The highest BCUT2D eigenvalue weighted by Crippen LogP contribution is 2.37. The predicted molar refractivity (Wildman–Crippen MR) is 69.9 cm³/mol. The minimum Gasteiger partial charge on any atom is -0.326 e. The zero-order valence-corrected chi connectivity index (χ0v) is 10.5. The van der Waals surface area contributed by atoms with Gasteiger partial charge >= 0.3 is 0 Å².